The van der Waals surface area contributed by atoms with Gasteiger partial charge in [0.25, 0.3) is 5.89 Å². The molecule has 35 heavy (non-hydrogen) atoms. The van der Waals surface area contributed by atoms with Crippen molar-refractivity contribution in [2.24, 2.45) is 0 Å². The summed E-state index contributed by atoms with van der Waals surface area (Å²) in [5.74, 6) is 0.906. The third-order valence-electron chi connectivity index (χ3n) is 6.43. The molecule has 0 bridgehead atoms. The van der Waals surface area contributed by atoms with E-state index in [1.165, 1.54) is 5.56 Å². The van der Waals surface area contributed by atoms with Gasteiger partial charge in [-0.1, -0.05) is 77.8 Å². The number of nitrogens with one attached hydrogen (secondary N) is 1. The summed E-state index contributed by atoms with van der Waals surface area (Å²) < 4.78 is 5.81. The Labute approximate surface area is 205 Å². The van der Waals surface area contributed by atoms with Crippen LogP contribution in [0.25, 0.3) is 17.0 Å². The molecule has 1 atom stereocenters. The number of urea groups is 1. The molecule has 1 N–H and O–H groups in total. The average Bonchev–Trinajstić information content (AvgIpc) is 3.35. The highest BCUT2D eigenvalue weighted by Gasteiger charge is 2.36. The molecule has 4 aromatic rings. The van der Waals surface area contributed by atoms with E-state index >= 15 is 0 Å². The van der Waals surface area contributed by atoms with Crippen LogP contribution in [-0.4, -0.2) is 16.2 Å². The maximum Gasteiger partial charge on any atom is 0.326 e. The molecule has 1 aliphatic rings. The molecular formula is C29H28N4O2. The first-order chi connectivity index (χ1) is 16.9. The van der Waals surface area contributed by atoms with Crippen molar-refractivity contribution in [3.05, 3.63) is 107 Å². The lowest BCUT2D eigenvalue weighted by molar-refractivity contribution is 0.244. The zero-order chi connectivity index (χ0) is 24.5. The summed E-state index contributed by atoms with van der Waals surface area (Å²) in [6.45, 7) is 8.11. The van der Waals surface area contributed by atoms with Crippen molar-refractivity contribution >= 4 is 17.3 Å². The Bertz CT molecular complexity index is 1400. The molecule has 0 spiro atoms. The highest BCUT2D eigenvalue weighted by atomic mass is 16.5. The Morgan fingerprint density at radius 1 is 0.943 bits per heavy atom. The largest absolute Gasteiger partial charge is 0.334 e. The van der Waals surface area contributed by atoms with Crippen LogP contribution in [0.5, 0.6) is 0 Å². The molecule has 3 aromatic carbocycles. The number of hydrogen-bond donors (Lipinski definition) is 1. The fourth-order valence-electron chi connectivity index (χ4n) is 4.45. The summed E-state index contributed by atoms with van der Waals surface area (Å²) in [4.78, 5) is 19.8. The average molecular weight is 465 g/mol. The van der Waals surface area contributed by atoms with Gasteiger partial charge in [0.15, 0.2) is 0 Å². The molecule has 0 fully saturated rings. The molecule has 2 amide bonds. The molecule has 0 aliphatic carbocycles. The van der Waals surface area contributed by atoms with Crippen LogP contribution in [0.2, 0.25) is 0 Å². The Balaban J connectivity index is 1.64. The topological polar surface area (TPSA) is 71.3 Å². The summed E-state index contributed by atoms with van der Waals surface area (Å²) in [5.41, 5.74) is 7.64. The molecule has 5 rings (SSSR count). The zero-order valence-corrected chi connectivity index (χ0v) is 20.4. The van der Waals surface area contributed by atoms with Gasteiger partial charge in [-0.2, -0.15) is 4.98 Å². The molecular weight excluding hydrogens is 436 g/mol. The lowest BCUT2D eigenvalue weighted by Crippen LogP contribution is -2.46. The van der Waals surface area contributed by atoms with E-state index in [-0.39, 0.29) is 6.03 Å². The third-order valence-corrected chi connectivity index (χ3v) is 6.43. The number of carbonyl (C=O) groups excluding carboxylic acids is 1. The number of amides is 2. The molecule has 2 heterocycles. The van der Waals surface area contributed by atoms with E-state index in [1.807, 2.05) is 69.3 Å². The van der Waals surface area contributed by atoms with Gasteiger partial charge in [0.05, 0.1) is 17.3 Å². The van der Waals surface area contributed by atoms with Crippen molar-refractivity contribution < 1.29 is 9.32 Å². The molecule has 1 aliphatic heterocycles. The van der Waals surface area contributed by atoms with Crippen LogP contribution in [0.1, 0.15) is 48.0 Å². The van der Waals surface area contributed by atoms with Crippen molar-refractivity contribution in [1.82, 2.24) is 15.5 Å². The number of nitrogens with zero attached hydrogens (tertiary/aromatic N) is 3. The van der Waals surface area contributed by atoms with Gasteiger partial charge in [-0.15, -0.1) is 0 Å². The maximum atomic E-state index is 13.4. The Morgan fingerprint density at radius 3 is 2.37 bits per heavy atom. The van der Waals surface area contributed by atoms with Crippen LogP contribution in [0, 0.1) is 13.8 Å². The number of benzene rings is 3. The van der Waals surface area contributed by atoms with E-state index in [0.29, 0.717) is 11.7 Å². The maximum absolute atomic E-state index is 13.4. The standard InChI is InChI=1S/C29H28N4O2/c1-5-21-11-13-22(14-12-21)26-25(28-31-27(32-35-28)23-8-6-7-19(3)17-23)20(4)33(29(34)30-26)24-15-9-18(2)10-16-24/h6-17,26H,5H2,1-4H3,(H,30,34). The quantitative estimate of drug-likeness (QED) is 0.360. The number of aromatic nitrogens is 2. The van der Waals surface area contributed by atoms with Crippen molar-refractivity contribution in [2.45, 2.75) is 40.2 Å². The van der Waals surface area contributed by atoms with Crippen molar-refractivity contribution in [3.63, 3.8) is 0 Å². The number of anilines is 1. The van der Waals surface area contributed by atoms with Gasteiger partial charge in [0, 0.05) is 11.3 Å². The fraction of sp³-hybridized carbons (Fsp3) is 0.207. The minimum atomic E-state index is -0.416. The van der Waals surface area contributed by atoms with Crippen LogP contribution >= 0.6 is 0 Å². The normalized spacial score (nSPS) is 15.9. The number of carbonyl (C=O) groups is 1. The molecule has 6 heteroatoms. The second kappa shape index (κ2) is 9.22. The van der Waals surface area contributed by atoms with Crippen LogP contribution in [-0.2, 0) is 6.42 Å². The predicted molar refractivity (Wildman–Crippen MR) is 138 cm³/mol. The highest BCUT2D eigenvalue weighted by molar-refractivity contribution is 6.01. The summed E-state index contributed by atoms with van der Waals surface area (Å²) in [6.07, 6.45) is 0.948. The smallest absolute Gasteiger partial charge is 0.326 e. The summed E-state index contributed by atoms with van der Waals surface area (Å²) in [6, 6.07) is 23.5. The zero-order valence-electron chi connectivity index (χ0n) is 20.4. The van der Waals surface area contributed by atoms with Gasteiger partial charge in [0.2, 0.25) is 5.82 Å². The van der Waals surface area contributed by atoms with E-state index < -0.39 is 6.04 Å². The van der Waals surface area contributed by atoms with Crippen molar-refractivity contribution in [2.75, 3.05) is 4.90 Å². The second-order valence-electron chi connectivity index (χ2n) is 8.94. The SMILES string of the molecule is CCc1ccc(C2NC(=O)N(c3ccc(C)cc3)C(C)=C2c2nc(-c3cccc(C)c3)no2)cc1. The van der Waals surface area contributed by atoms with E-state index in [9.17, 15) is 4.79 Å². The number of aryl methyl sites for hydroxylation is 3. The Morgan fingerprint density at radius 2 is 1.69 bits per heavy atom. The molecule has 1 aromatic heterocycles. The Kier molecular flexibility index (Phi) is 5.95. The van der Waals surface area contributed by atoms with Crippen LogP contribution in [0.15, 0.2) is 83.0 Å². The first-order valence-corrected chi connectivity index (χ1v) is 11.8. The minimum Gasteiger partial charge on any atom is -0.334 e. The molecule has 0 saturated carbocycles. The van der Waals surface area contributed by atoms with Crippen LogP contribution in [0.4, 0.5) is 10.5 Å². The molecule has 6 nitrogen and oxygen atoms in total. The number of allylic oxidation sites excluding steroid dienone is 1. The lowest BCUT2D eigenvalue weighted by atomic mass is 9.93. The van der Waals surface area contributed by atoms with Gasteiger partial charge in [-0.05, 0) is 56.5 Å². The third kappa shape index (κ3) is 4.35. The summed E-state index contributed by atoms with van der Waals surface area (Å²) in [7, 11) is 0. The van der Waals surface area contributed by atoms with Gasteiger partial charge < -0.3 is 9.84 Å². The molecule has 1 unspecified atom stereocenters. The molecule has 0 radical (unpaired) electrons. The van der Waals surface area contributed by atoms with Gasteiger partial charge in [-0.3, -0.25) is 4.90 Å². The fourth-order valence-corrected chi connectivity index (χ4v) is 4.45. The van der Waals surface area contributed by atoms with Crippen molar-refractivity contribution in [1.29, 1.82) is 0 Å². The highest BCUT2D eigenvalue weighted by Crippen LogP contribution is 2.39. The summed E-state index contributed by atoms with van der Waals surface area (Å²) in [5, 5.41) is 7.44. The van der Waals surface area contributed by atoms with E-state index in [2.05, 4.69) is 41.7 Å². The first-order valence-electron chi connectivity index (χ1n) is 11.8. The van der Waals surface area contributed by atoms with E-state index in [4.69, 9.17) is 9.51 Å². The summed E-state index contributed by atoms with van der Waals surface area (Å²) >= 11 is 0. The Hall–Kier alpha value is -4.19. The van der Waals surface area contributed by atoms with Crippen molar-refractivity contribution in [3.8, 4) is 11.4 Å². The molecule has 176 valence electrons. The predicted octanol–water partition coefficient (Wildman–Crippen LogP) is 6.62. The number of hydrogen-bond acceptors (Lipinski definition) is 4. The van der Waals surface area contributed by atoms with E-state index in [0.717, 1.165) is 45.6 Å². The first kappa shape index (κ1) is 22.6. The molecule has 0 saturated heterocycles. The second-order valence-corrected chi connectivity index (χ2v) is 8.94. The van der Waals surface area contributed by atoms with Gasteiger partial charge >= 0.3 is 6.03 Å². The van der Waals surface area contributed by atoms with Crippen LogP contribution in [0.3, 0.4) is 0 Å². The van der Waals surface area contributed by atoms with E-state index in [1.54, 1.807) is 4.90 Å². The minimum absolute atomic E-state index is 0.196. The van der Waals surface area contributed by atoms with Gasteiger partial charge in [-0.25, -0.2) is 4.79 Å². The number of rotatable bonds is 5. The van der Waals surface area contributed by atoms with Gasteiger partial charge in [0.1, 0.15) is 0 Å². The monoisotopic (exact) mass is 464 g/mol. The van der Waals surface area contributed by atoms with Crippen LogP contribution < -0.4 is 10.2 Å². The lowest BCUT2D eigenvalue weighted by Gasteiger charge is -2.35.